The van der Waals surface area contributed by atoms with Crippen LogP contribution in [0.15, 0.2) is 82.2 Å². The summed E-state index contributed by atoms with van der Waals surface area (Å²) in [6.45, 7) is 3.01. The number of benzene rings is 3. The Hall–Kier alpha value is -2.88. The maximum atomic E-state index is 13.7. The first-order valence-electron chi connectivity index (χ1n) is 11.1. The van der Waals surface area contributed by atoms with Gasteiger partial charge in [0.25, 0.3) is 10.0 Å². The fraction of sp³-hybridized carbons (Fsp3) is 0.231. The summed E-state index contributed by atoms with van der Waals surface area (Å²) in [7, 11) is -2.68. The van der Waals surface area contributed by atoms with E-state index in [1.165, 1.54) is 24.1 Å². The van der Waals surface area contributed by atoms with Crippen molar-refractivity contribution in [2.45, 2.75) is 31.3 Å². The molecule has 0 bridgehead atoms. The number of sulfonamides is 1. The molecule has 0 saturated carbocycles. The van der Waals surface area contributed by atoms with Gasteiger partial charge in [0.1, 0.15) is 12.6 Å². The minimum atomic E-state index is -4.16. The molecule has 1 N–H and O–H groups in total. The predicted molar refractivity (Wildman–Crippen MR) is 145 cm³/mol. The van der Waals surface area contributed by atoms with Gasteiger partial charge >= 0.3 is 0 Å². The van der Waals surface area contributed by atoms with E-state index in [4.69, 9.17) is 11.6 Å². The zero-order valence-corrected chi connectivity index (χ0v) is 23.3. The molecule has 7 nitrogen and oxygen atoms in total. The van der Waals surface area contributed by atoms with Crippen molar-refractivity contribution in [3.63, 3.8) is 0 Å². The van der Waals surface area contributed by atoms with Gasteiger partial charge in [-0.1, -0.05) is 69.5 Å². The van der Waals surface area contributed by atoms with Crippen molar-refractivity contribution in [2.24, 2.45) is 0 Å². The minimum absolute atomic E-state index is 0.0266. The van der Waals surface area contributed by atoms with Gasteiger partial charge in [0.2, 0.25) is 11.8 Å². The first-order valence-corrected chi connectivity index (χ1v) is 13.7. The molecule has 0 spiro atoms. The Kier molecular flexibility index (Phi) is 9.16. The average Bonchev–Trinajstić information content (AvgIpc) is 2.85. The van der Waals surface area contributed by atoms with Crippen LogP contribution in [0.4, 0.5) is 5.69 Å². The molecule has 0 saturated heterocycles. The number of amides is 2. The lowest BCUT2D eigenvalue weighted by Crippen LogP contribution is -2.50. The molecular weight excluding hydrogens is 566 g/mol. The number of para-hydroxylation sites is 1. The highest BCUT2D eigenvalue weighted by Crippen LogP contribution is 2.31. The molecule has 0 aliphatic heterocycles. The van der Waals surface area contributed by atoms with Crippen molar-refractivity contribution in [1.29, 1.82) is 0 Å². The lowest BCUT2D eigenvalue weighted by atomic mass is 10.1. The molecule has 36 heavy (non-hydrogen) atoms. The number of hydrogen-bond donors (Lipinski definition) is 1. The maximum Gasteiger partial charge on any atom is 0.264 e. The molecule has 0 aliphatic rings. The third-order valence-corrected chi connectivity index (χ3v) is 8.25. The highest BCUT2D eigenvalue weighted by molar-refractivity contribution is 9.10. The molecule has 0 aliphatic carbocycles. The fourth-order valence-electron chi connectivity index (χ4n) is 3.63. The highest BCUT2D eigenvalue weighted by Gasteiger charge is 2.33. The van der Waals surface area contributed by atoms with E-state index in [0.717, 1.165) is 19.9 Å². The van der Waals surface area contributed by atoms with Gasteiger partial charge in [0, 0.05) is 18.1 Å². The Morgan fingerprint density at radius 2 is 1.69 bits per heavy atom. The van der Waals surface area contributed by atoms with Gasteiger partial charge in [0.15, 0.2) is 0 Å². The lowest BCUT2D eigenvalue weighted by Gasteiger charge is -2.32. The molecule has 3 aromatic rings. The summed E-state index contributed by atoms with van der Waals surface area (Å²) in [5.41, 5.74) is 1.84. The van der Waals surface area contributed by atoms with Crippen LogP contribution in [0.3, 0.4) is 0 Å². The van der Waals surface area contributed by atoms with E-state index in [1.54, 1.807) is 43.3 Å². The van der Waals surface area contributed by atoms with Gasteiger partial charge in [-0.15, -0.1) is 0 Å². The number of nitrogens with one attached hydrogen (secondary N) is 1. The summed E-state index contributed by atoms with van der Waals surface area (Å²) in [5.74, 6) is -0.925. The second kappa shape index (κ2) is 11.9. The second-order valence-corrected chi connectivity index (χ2v) is 11.4. The summed E-state index contributed by atoms with van der Waals surface area (Å²) < 4.78 is 29.3. The molecule has 3 aromatic carbocycles. The second-order valence-electron chi connectivity index (χ2n) is 8.22. The van der Waals surface area contributed by atoms with Crippen LogP contribution in [0.25, 0.3) is 0 Å². The van der Waals surface area contributed by atoms with Gasteiger partial charge < -0.3 is 10.2 Å². The van der Waals surface area contributed by atoms with Crippen molar-refractivity contribution in [1.82, 2.24) is 10.2 Å². The van der Waals surface area contributed by atoms with E-state index >= 15 is 0 Å². The quantitative estimate of drug-likeness (QED) is 0.388. The number of hydrogen-bond acceptors (Lipinski definition) is 4. The van der Waals surface area contributed by atoms with Gasteiger partial charge in [-0.25, -0.2) is 8.42 Å². The molecule has 0 fully saturated rings. The van der Waals surface area contributed by atoms with Crippen molar-refractivity contribution in [3.05, 3.63) is 93.4 Å². The molecule has 0 heterocycles. The molecule has 0 aromatic heterocycles. The van der Waals surface area contributed by atoms with E-state index < -0.39 is 28.5 Å². The Balaban J connectivity index is 2.05. The number of halogens is 2. The van der Waals surface area contributed by atoms with E-state index in [2.05, 4.69) is 21.2 Å². The SMILES string of the molecule is CNC(=O)[C@H](C)N(Cc1cccc(Br)c1)C(=O)CN(c1ccccc1Cl)S(=O)(=O)c1ccc(C)cc1. The van der Waals surface area contributed by atoms with Crippen LogP contribution in [-0.4, -0.2) is 44.8 Å². The number of carbonyl (C=O) groups is 2. The largest absolute Gasteiger partial charge is 0.357 e. The monoisotopic (exact) mass is 591 g/mol. The first-order chi connectivity index (χ1) is 17.0. The minimum Gasteiger partial charge on any atom is -0.357 e. The van der Waals surface area contributed by atoms with Crippen molar-refractivity contribution in [3.8, 4) is 0 Å². The number of carbonyl (C=O) groups excluding carboxylic acids is 2. The van der Waals surface area contributed by atoms with Crippen molar-refractivity contribution < 1.29 is 18.0 Å². The summed E-state index contributed by atoms with van der Waals surface area (Å²) in [5, 5.41) is 2.74. The molecule has 2 amide bonds. The molecule has 0 unspecified atom stereocenters. The van der Waals surface area contributed by atoms with E-state index in [-0.39, 0.29) is 28.1 Å². The molecular formula is C26H27BrClN3O4S. The van der Waals surface area contributed by atoms with Crippen LogP contribution < -0.4 is 9.62 Å². The molecule has 0 radical (unpaired) electrons. The smallest absolute Gasteiger partial charge is 0.264 e. The van der Waals surface area contributed by atoms with Gasteiger partial charge in [0.05, 0.1) is 15.6 Å². The van der Waals surface area contributed by atoms with Crippen LogP contribution in [0, 0.1) is 6.92 Å². The van der Waals surface area contributed by atoms with Crippen LogP contribution in [0.5, 0.6) is 0 Å². The van der Waals surface area contributed by atoms with Crippen molar-refractivity contribution >= 4 is 55.1 Å². The third kappa shape index (κ3) is 6.46. The summed E-state index contributed by atoms with van der Waals surface area (Å²) in [6, 6.07) is 19.3. The van der Waals surface area contributed by atoms with Crippen LogP contribution in [0.2, 0.25) is 5.02 Å². The van der Waals surface area contributed by atoms with Crippen molar-refractivity contribution in [2.75, 3.05) is 17.9 Å². The lowest BCUT2D eigenvalue weighted by molar-refractivity contribution is -0.139. The average molecular weight is 593 g/mol. The number of likely N-dealkylation sites (N-methyl/N-ethyl adjacent to an activating group) is 1. The Morgan fingerprint density at radius 3 is 2.31 bits per heavy atom. The number of aryl methyl sites for hydroxylation is 1. The predicted octanol–water partition coefficient (Wildman–Crippen LogP) is 4.77. The summed E-state index contributed by atoms with van der Waals surface area (Å²) in [6.07, 6.45) is 0. The Morgan fingerprint density at radius 1 is 1.03 bits per heavy atom. The van der Waals surface area contributed by atoms with Crippen LogP contribution >= 0.6 is 27.5 Å². The Labute approximate surface area is 225 Å². The normalized spacial score (nSPS) is 12.0. The summed E-state index contributed by atoms with van der Waals surface area (Å²) >= 11 is 9.80. The Bertz CT molecular complexity index is 1350. The van der Waals surface area contributed by atoms with E-state index in [0.29, 0.717) is 0 Å². The molecule has 1 atom stereocenters. The van der Waals surface area contributed by atoms with Gasteiger partial charge in [-0.3, -0.25) is 13.9 Å². The maximum absolute atomic E-state index is 13.7. The standard InChI is InChI=1S/C26H27BrClN3O4S/c1-18-11-13-22(14-12-18)36(34,35)31(24-10-5-4-9-23(24)28)17-25(32)30(19(2)26(33)29-3)16-20-7-6-8-21(27)15-20/h4-15,19H,16-17H2,1-3H3,(H,29,33)/t19-/m0/s1. The molecule has 3 rings (SSSR count). The molecule has 190 valence electrons. The summed E-state index contributed by atoms with van der Waals surface area (Å²) in [4.78, 5) is 27.6. The zero-order valence-electron chi connectivity index (χ0n) is 20.1. The van der Waals surface area contributed by atoms with Crippen LogP contribution in [-0.2, 0) is 26.2 Å². The van der Waals surface area contributed by atoms with E-state index in [1.807, 2.05) is 31.2 Å². The highest BCUT2D eigenvalue weighted by atomic mass is 79.9. The molecule has 10 heteroatoms. The number of anilines is 1. The third-order valence-electron chi connectivity index (χ3n) is 5.66. The van der Waals surface area contributed by atoms with Gasteiger partial charge in [-0.2, -0.15) is 0 Å². The zero-order chi connectivity index (χ0) is 26.5. The van der Waals surface area contributed by atoms with Crippen LogP contribution in [0.1, 0.15) is 18.1 Å². The fourth-order valence-corrected chi connectivity index (χ4v) is 5.80. The number of rotatable bonds is 9. The first kappa shape index (κ1) is 27.7. The van der Waals surface area contributed by atoms with Gasteiger partial charge in [-0.05, 0) is 55.8 Å². The topological polar surface area (TPSA) is 86.8 Å². The number of nitrogens with zero attached hydrogens (tertiary/aromatic N) is 2. The van der Waals surface area contributed by atoms with E-state index in [9.17, 15) is 18.0 Å².